The van der Waals surface area contributed by atoms with Gasteiger partial charge in [-0.25, -0.2) is 9.59 Å². The minimum absolute atomic E-state index is 0.0594. The number of carbonyl (C=O) groups is 2. The molecule has 1 atom stereocenters. The first-order valence-electron chi connectivity index (χ1n) is 9.74. The van der Waals surface area contributed by atoms with E-state index in [1.54, 1.807) is 17.3 Å². The van der Waals surface area contributed by atoms with Crippen LogP contribution in [0.4, 0.5) is 21.0 Å². The van der Waals surface area contributed by atoms with Crippen LogP contribution >= 0.6 is 0 Å². The fourth-order valence-electron chi connectivity index (χ4n) is 3.83. The van der Waals surface area contributed by atoms with Crippen molar-refractivity contribution in [3.05, 3.63) is 54.4 Å². The highest BCUT2D eigenvalue weighted by atomic mass is 16.6. The number of nitrogens with zero attached hydrogens (tertiary/aromatic N) is 3. The normalized spacial score (nSPS) is 19.9. The molecule has 0 radical (unpaired) electrons. The van der Waals surface area contributed by atoms with Gasteiger partial charge < -0.3 is 15.0 Å². The third-order valence-electron chi connectivity index (χ3n) is 5.30. The van der Waals surface area contributed by atoms with Gasteiger partial charge in [0, 0.05) is 30.3 Å². The van der Waals surface area contributed by atoms with Crippen LogP contribution < -0.4 is 10.2 Å². The predicted molar refractivity (Wildman–Crippen MR) is 106 cm³/mol. The second kappa shape index (κ2) is 8.29. The number of rotatable bonds is 3. The Kier molecular flexibility index (Phi) is 5.41. The minimum Gasteiger partial charge on any atom is -0.447 e. The molecule has 0 aliphatic carbocycles. The monoisotopic (exact) mass is 380 g/mol. The number of urea groups is 1. The summed E-state index contributed by atoms with van der Waals surface area (Å²) < 4.78 is 4.97. The van der Waals surface area contributed by atoms with Crippen molar-refractivity contribution in [1.29, 1.82) is 0 Å². The molecule has 7 nitrogen and oxygen atoms in total. The molecule has 2 aliphatic heterocycles. The number of hydrogen-bond acceptors (Lipinski definition) is 4. The van der Waals surface area contributed by atoms with Crippen LogP contribution in [0.25, 0.3) is 0 Å². The Morgan fingerprint density at radius 3 is 2.54 bits per heavy atom. The first-order chi connectivity index (χ1) is 13.7. The molecule has 1 aromatic heterocycles. The van der Waals surface area contributed by atoms with Gasteiger partial charge in [-0.1, -0.05) is 12.8 Å². The van der Waals surface area contributed by atoms with Crippen molar-refractivity contribution < 1.29 is 14.3 Å². The molecule has 3 amide bonds. The first kappa shape index (κ1) is 18.3. The fourth-order valence-corrected chi connectivity index (χ4v) is 3.83. The van der Waals surface area contributed by atoms with Gasteiger partial charge in [0.2, 0.25) is 0 Å². The lowest BCUT2D eigenvalue weighted by Gasteiger charge is -2.30. The fraction of sp³-hybridized carbons (Fsp3) is 0.381. The van der Waals surface area contributed by atoms with E-state index >= 15 is 0 Å². The maximum Gasteiger partial charge on any atom is 0.414 e. The first-order valence-corrected chi connectivity index (χ1v) is 9.74. The quantitative estimate of drug-likeness (QED) is 0.866. The molecule has 0 unspecified atom stereocenters. The van der Waals surface area contributed by atoms with E-state index in [-0.39, 0.29) is 18.2 Å². The van der Waals surface area contributed by atoms with Crippen LogP contribution in [-0.4, -0.2) is 41.7 Å². The molecular weight excluding hydrogens is 356 g/mol. The summed E-state index contributed by atoms with van der Waals surface area (Å²) in [5, 5.41) is 3.00. The van der Waals surface area contributed by atoms with E-state index in [0.29, 0.717) is 18.8 Å². The van der Waals surface area contributed by atoms with Crippen molar-refractivity contribution in [2.75, 3.05) is 29.9 Å². The number of pyridine rings is 1. The van der Waals surface area contributed by atoms with E-state index in [2.05, 4.69) is 10.3 Å². The van der Waals surface area contributed by atoms with Crippen molar-refractivity contribution >= 4 is 23.5 Å². The molecule has 28 heavy (non-hydrogen) atoms. The van der Waals surface area contributed by atoms with Gasteiger partial charge in [0.25, 0.3) is 0 Å². The lowest BCUT2D eigenvalue weighted by molar-refractivity contribution is 0.181. The van der Waals surface area contributed by atoms with E-state index in [0.717, 1.165) is 43.5 Å². The van der Waals surface area contributed by atoms with Crippen LogP contribution in [0.2, 0.25) is 0 Å². The molecule has 2 aromatic rings. The van der Waals surface area contributed by atoms with Gasteiger partial charge in [-0.05, 0) is 54.8 Å². The van der Waals surface area contributed by atoms with E-state index in [4.69, 9.17) is 4.74 Å². The Hall–Kier alpha value is -3.09. The summed E-state index contributed by atoms with van der Waals surface area (Å²) in [6.07, 6.45) is 7.42. The van der Waals surface area contributed by atoms with Gasteiger partial charge in [0.05, 0.1) is 12.6 Å². The summed E-state index contributed by atoms with van der Waals surface area (Å²) in [6.45, 7) is 1.69. The number of cyclic esters (lactones) is 1. The summed E-state index contributed by atoms with van der Waals surface area (Å²) in [5.41, 5.74) is 2.60. The molecule has 0 bridgehead atoms. The Morgan fingerprint density at radius 2 is 1.82 bits per heavy atom. The highest BCUT2D eigenvalue weighted by Gasteiger charge is 2.27. The molecular formula is C21H24N4O3. The van der Waals surface area contributed by atoms with E-state index in [1.165, 1.54) is 0 Å². The van der Waals surface area contributed by atoms with Crippen LogP contribution in [0, 0.1) is 0 Å². The van der Waals surface area contributed by atoms with Crippen LogP contribution in [0.1, 0.15) is 37.3 Å². The number of amides is 3. The Balaban J connectivity index is 1.47. The van der Waals surface area contributed by atoms with Crippen LogP contribution in [0.15, 0.2) is 48.8 Å². The molecule has 2 aliphatic rings. The molecule has 0 saturated carbocycles. The average molecular weight is 380 g/mol. The van der Waals surface area contributed by atoms with Gasteiger partial charge in [0.1, 0.15) is 6.61 Å². The van der Waals surface area contributed by atoms with Crippen molar-refractivity contribution in [1.82, 2.24) is 9.88 Å². The molecule has 146 valence electrons. The average Bonchev–Trinajstić information content (AvgIpc) is 3.00. The molecule has 3 heterocycles. The zero-order chi connectivity index (χ0) is 19.3. The van der Waals surface area contributed by atoms with Crippen LogP contribution in [0.5, 0.6) is 0 Å². The van der Waals surface area contributed by atoms with Gasteiger partial charge in [-0.2, -0.15) is 0 Å². The number of benzene rings is 1. The topological polar surface area (TPSA) is 74.8 Å². The Labute approximate surface area is 164 Å². The summed E-state index contributed by atoms with van der Waals surface area (Å²) in [4.78, 5) is 32.3. The van der Waals surface area contributed by atoms with Crippen LogP contribution in [0.3, 0.4) is 0 Å². The number of aromatic nitrogens is 1. The number of likely N-dealkylation sites (tertiary alicyclic amines) is 1. The van der Waals surface area contributed by atoms with Gasteiger partial charge in [0.15, 0.2) is 0 Å². The smallest absolute Gasteiger partial charge is 0.414 e. The zero-order valence-corrected chi connectivity index (χ0v) is 15.7. The van der Waals surface area contributed by atoms with Gasteiger partial charge >= 0.3 is 12.1 Å². The standard InChI is InChI=1S/C21H24N4O3/c26-20(23-17-5-7-18(8-6-17)24-14-15-28-21(24)27)25-13-3-1-2-4-19(25)16-9-11-22-12-10-16/h5-12,19H,1-4,13-15H2,(H,23,26)/t19-/m0/s1. The number of nitrogens with one attached hydrogen (secondary N) is 1. The summed E-state index contributed by atoms with van der Waals surface area (Å²) in [6, 6.07) is 11.2. The van der Waals surface area contributed by atoms with Crippen molar-refractivity contribution in [2.45, 2.75) is 31.7 Å². The second-order valence-corrected chi connectivity index (χ2v) is 7.08. The number of hydrogen-bond donors (Lipinski definition) is 1. The van der Waals surface area contributed by atoms with E-state index in [1.807, 2.05) is 41.3 Å². The van der Waals surface area contributed by atoms with Crippen molar-refractivity contribution in [3.63, 3.8) is 0 Å². The van der Waals surface area contributed by atoms with E-state index < -0.39 is 0 Å². The molecule has 4 rings (SSSR count). The third kappa shape index (κ3) is 3.93. The third-order valence-corrected chi connectivity index (χ3v) is 5.30. The predicted octanol–water partition coefficient (Wildman–Crippen LogP) is 4.19. The SMILES string of the molecule is O=C1OCCN1c1ccc(NC(=O)N2CCCCC[C@H]2c2ccncc2)cc1. The van der Waals surface area contributed by atoms with Crippen LogP contribution in [-0.2, 0) is 4.74 Å². The summed E-state index contributed by atoms with van der Waals surface area (Å²) in [5.74, 6) is 0. The van der Waals surface area contributed by atoms with Crippen molar-refractivity contribution in [3.8, 4) is 0 Å². The maximum atomic E-state index is 13.0. The number of ether oxygens (including phenoxy) is 1. The van der Waals surface area contributed by atoms with Crippen molar-refractivity contribution in [2.24, 2.45) is 0 Å². The minimum atomic E-state index is -0.332. The highest BCUT2D eigenvalue weighted by molar-refractivity contribution is 5.92. The maximum absolute atomic E-state index is 13.0. The largest absolute Gasteiger partial charge is 0.447 e. The lowest BCUT2D eigenvalue weighted by Crippen LogP contribution is -2.38. The Morgan fingerprint density at radius 1 is 1.04 bits per heavy atom. The molecule has 7 heteroatoms. The highest BCUT2D eigenvalue weighted by Crippen LogP contribution is 2.30. The second-order valence-electron chi connectivity index (χ2n) is 7.08. The molecule has 1 N–H and O–H groups in total. The molecule has 2 fully saturated rings. The van der Waals surface area contributed by atoms with Gasteiger partial charge in [-0.3, -0.25) is 9.88 Å². The van der Waals surface area contributed by atoms with Gasteiger partial charge in [-0.15, -0.1) is 0 Å². The molecule has 0 spiro atoms. The summed E-state index contributed by atoms with van der Waals surface area (Å²) >= 11 is 0. The zero-order valence-electron chi connectivity index (χ0n) is 15.7. The Bertz CT molecular complexity index is 825. The molecule has 1 aromatic carbocycles. The number of anilines is 2. The lowest BCUT2D eigenvalue weighted by atomic mass is 10.0. The van der Waals surface area contributed by atoms with E-state index in [9.17, 15) is 9.59 Å². The number of carbonyl (C=O) groups excluding carboxylic acids is 2. The molecule has 2 saturated heterocycles. The summed E-state index contributed by atoms with van der Waals surface area (Å²) in [7, 11) is 0.